The van der Waals surface area contributed by atoms with Crippen LogP contribution < -0.4 is 5.32 Å². The van der Waals surface area contributed by atoms with Gasteiger partial charge in [0.2, 0.25) is 5.91 Å². The highest BCUT2D eigenvalue weighted by Crippen LogP contribution is 2.23. The molecule has 1 aromatic heterocycles. The fourth-order valence-corrected chi connectivity index (χ4v) is 3.26. The molecule has 0 saturated carbocycles. The SMILES string of the molecule is O=C(CC1=CCCCC1)N1CC[C@@H](Nc2ccc([N+](=O)[O-])cn2)C1. The Morgan fingerprint density at radius 2 is 2.29 bits per heavy atom. The number of aromatic nitrogens is 1. The topological polar surface area (TPSA) is 88.4 Å². The van der Waals surface area contributed by atoms with Crippen LogP contribution >= 0.6 is 0 Å². The summed E-state index contributed by atoms with van der Waals surface area (Å²) in [5, 5.41) is 13.9. The summed E-state index contributed by atoms with van der Waals surface area (Å²) < 4.78 is 0. The minimum absolute atomic E-state index is 0.0236. The van der Waals surface area contributed by atoms with Gasteiger partial charge in [-0.1, -0.05) is 11.6 Å². The zero-order chi connectivity index (χ0) is 16.9. The largest absolute Gasteiger partial charge is 0.365 e. The number of carbonyl (C=O) groups is 1. The summed E-state index contributed by atoms with van der Waals surface area (Å²) in [7, 11) is 0. The average molecular weight is 330 g/mol. The van der Waals surface area contributed by atoms with E-state index in [4.69, 9.17) is 0 Å². The lowest BCUT2D eigenvalue weighted by atomic mass is 9.97. The van der Waals surface area contributed by atoms with Gasteiger partial charge in [-0.25, -0.2) is 4.98 Å². The van der Waals surface area contributed by atoms with E-state index in [-0.39, 0.29) is 17.6 Å². The van der Waals surface area contributed by atoms with Crippen molar-refractivity contribution in [2.45, 2.75) is 44.6 Å². The molecule has 1 aliphatic carbocycles. The minimum atomic E-state index is -0.466. The fourth-order valence-electron chi connectivity index (χ4n) is 3.26. The predicted molar refractivity (Wildman–Crippen MR) is 90.7 cm³/mol. The molecule has 1 atom stereocenters. The molecule has 24 heavy (non-hydrogen) atoms. The number of anilines is 1. The summed E-state index contributed by atoms with van der Waals surface area (Å²) >= 11 is 0. The van der Waals surface area contributed by atoms with Crippen molar-refractivity contribution in [3.8, 4) is 0 Å². The second-order valence-electron chi connectivity index (χ2n) is 6.41. The highest BCUT2D eigenvalue weighted by Gasteiger charge is 2.26. The zero-order valence-corrected chi connectivity index (χ0v) is 13.6. The molecule has 1 fully saturated rings. The molecule has 0 spiro atoms. The minimum Gasteiger partial charge on any atom is -0.365 e. The van der Waals surface area contributed by atoms with Crippen molar-refractivity contribution >= 4 is 17.4 Å². The first-order valence-electron chi connectivity index (χ1n) is 8.44. The summed E-state index contributed by atoms with van der Waals surface area (Å²) in [6.45, 7) is 1.40. The van der Waals surface area contributed by atoms with Gasteiger partial charge < -0.3 is 10.2 Å². The maximum Gasteiger partial charge on any atom is 0.287 e. The summed E-state index contributed by atoms with van der Waals surface area (Å²) in [4.78, 5) is 28.5. The van der Waals surface area contributed by atoms with Crippen LogP contribution in [0.5, 0.6) is 0 Å². The monoisotopic (exact) mass is 330 g/mol. The Hall–Kier alpha value is -2.44. The van der Waals surface area contributed by atoms with E-state index >= 15 is 0 Å². The molecule has 0 aromatic carbocycles. The first kappa shape index (κ1) is 16.4. The number of nitro groups is 1. The Morgan fingerprint density at radius 1 is 1.42 bits per heavy atom. The standard InChI is InChI=1S/C17H22N4O3/c22-17(10-13-4-2-1-3-5-13)20-9-8-14(12-20)19-16-7-6-15(11-18-16)21(23)24/h4,6-7,11,14H,1-3,5,8-10,12H2,(H,18,19)/t14-/m1/s1. The van der Waals surface area contributed by atoms with E-state index in [0.717, 1.165) is 25.8 Å². The van der Waals surface area contributed by atoms with Crippen molar-refractivity contribution in [3.05, 3.63) is 40.1 Å². The van der Waals surface area contributed by atoms with E-state index in [0.29, 0.717) is 18.8 Å². The Balaban J connectivity index is 1.50. The van der Waals surface area contributed by atoms with Gasteiger partial charge in [0.1, 0.15) is 12.0 Å². The van der Waals surface area contributed by atoms with Gasteiger partial charge in [0.05, 0.1) is 4.92 Å². The van der Waals surface area contributed by atoms with Crippen molar-refractivity contribution in [3.63, 3.8) is 0 Å². The van der Waals surface area contributed by atoms with Crippen LogP contribution in [0.3, 0.4) is 0 Å². The van der Waals surface area contributed by atoms with Gasteiger partial charge in [-0.05, 0) is 38.2 Å². The van der Waals surface area contributed by atoms with E-state index < -0.39 is 4.92 Å². The van der Waals surface area contributed by atoms with Crippen LogP contribution in [0.4, 0.5) is 11.5 Å². The molecule has 1 aromatic rings. The zero-order valence-electron chi connectivity index (χ0n) is 13.6. The summed E-state index contributed by atoms with van der Waals surface area (Å²) in [5.41, 5.74) is 1.25. The molecule has 1 N–H and O–H groups in total. The van der Waals surface area contributed by atoms with Crippen molar-refractivity contribution in [1.29, 1.82) is 0 Å². The van der Waals surface area contributed by atoms with Gasteiger partial charge in [-0.2, -0.15) is 0 Å². The van der Waals surface area contributed by atoms with Crippen molar-refractivity contribution in [1.82, 2.24) is 9.88 Å². The van der Waals surface area contributed by atoms with Gasteiger partial charge in [-0.3, -0.25) is 14.9 Å². The molecule has 0 radical (unpaired) electrons. The molecule has 2 aliphatic rings. The average Bonchev–Trinajstić information content (AvgIpc) is 3.05. The number of carbonyl (C=O) groups excluding carboxylic acids is 1. The molecule has 2 heterocycles. The third kappa shape index (κ3) is 4.10. The Kier molecular flexibility index (Phi) is 5.08. The van der Waals surface area contributed by atoms with Crippen LogP contribution in [-0.2, 0) is 4.79 Å². The van der Waals surface area contributed by atoms with E-state index in [1.807, 2.05) is 4.90 Å². The first-order valence-corrected chi connectivity index (χ1v) is 8.44. The lowest BCUT2D eigenvalue weighted by molar-refractivity contribution is -0.385. The second-order valence-corrected chi connectivity index (χ2v) is 6.41. The molecule has 7 heteroatoms. The van der Waals surface area contributed by atoms with Crippen LogP contribution in [0.25, 0.3) is 0 Å². The summed E-state index contributed by atoms with van der Waals surface area (Å²) in [6.07, 6.45) is 9.44. The molecule has 1 amide bonds. The van der Waals surface area contributed by atoms with E-state index in [1.54, 1.807) is 6.07 Å². The second kappa shape index (κ2) is 7.42. The number of hydrogen-bond donors (Lipinski definition) is 1. The molecular formula is C17H22N4O3. The van der Waals surface area contributed by atoms with Crippen LogP contribution in [0.2, 0.25) is 0 Å². The lowest BCUT2D eigenvalue weighted by Gasteiger charge is -2.19. The number of hydrogen-bond acceptors (Lipinski definition) is 5. The van der Waals surface area contributed by atoms with Crippen LogP contribution in [-0.4, -0.2) is 39.8 Å². The van der Waals surface area contributed by atoms with Crippen molar-refractivity contribution in [2.24, 2.45) is 0 Å². The number of nitrogens with one attached hydrogen (secondary N) is 1. The molecule has 0 unspecified atom stereocenters. The molecule has 1 aliphatic heterocycles. The maximum absolute atomic E-state index is 12.4. The smallest absolute Gasteiger partial charge is 0.287 e. The van der Waals surface area contributed by atoms with Crippen LogP contribution in [0.15, 0.2) is 30.0 Å². The number of nitrogens with zero attached hydrogens (tertiary/aromatic N) is 3. The molecular weight excluding hydrogens is 308 g/mol. The van der Waals surface area contributed by atoms with E-state index in [1.165, 1.54) is 30.7 Å². The van der Waals surface area contributed by atoms with Gasteiger partial charge >= 0.3 is 0 Å². The van der Waals surface area contributed by atoms with E-state index in [9.17, 15) is 14.9 Å². The first-order chi connectivity index (χ1) is 11.6. The number of pyridine rings is 1. The summed E-state index contributed by atoms with van der Waals surface area (Å²) in [6, 6.07) is 3.18. The third-order valence-corrected chi connectivity index (χ3v) is 4.61. The van der Waals surface area contributed by atoms with Crippen LogP contribution in [0.1, 0.15) is 38.5 Å². The number of likely N-dealkylation sites (tertiary alicyclic amines) is 1. The molecule has 1 saturated heterocycles. The molecule has 3 rings (SSSR count). The number of rotatable bonds is 5. The Morgan fingerprint density at radius 3 is 2.96 bits per heavy atom. The third-order valence-electron chi connectivity index (χ3n) is 4.61. The van der Waals surface area contributed by atoms with E-state index in [2.05, 4.69) is 16.4 Å². The molecule has 7 nitrogen and oxygen atoms in total. The molecule has 0 bridgehead atoms. The van der Waals surface area contributed by atoms with Gasteiger partial charge in [0, 0.05) is 31.6 Å². The number of allylic oxidation sites excluding steroid dienone is 1. The highest BCUT2D eigenvalue weighted by molar-refractivity contribution is 5.79. The van der Waals surface area contributed by atoms with Gasteiger partial charge in [0.15, 0.2) is 0 Å². The molecule has 128 valence electrons. The van der Waals surface area contributed by atoms with Crippen LogP contribution in [0, 0.1) is 10.1 Å². The van der Waals surface area contributed by atoms with Gasteiger partial charge in [0.25, 0.3) is 5.69 Å². The summed E-state index contributed by atoms with van der Waals surface area (Å²) in [5.74, 6) is 0.805. The quantitative estimate of drug-likeness (QED) is 0.509. The Labute approximate surface area is 140 Å². The fraction of sp³-hybridized carbons (Fsp3) is 0.529. The number of amides is 1. The normalized spacial score (nSPS) is 20.6. The predicted octanol–water partition coefficient (Wildman–Crippen LogP) is 2.89. The Bertz CT molecular complexity index is 642. The van der Waals surface area contributed by atoms with Crippen molar-refractivity contribution in [2.75, 3.05) is 18.4 Å². The van der Waals surface area contributed by atoms with Crippen molar-refractivity contribution < 1.29 is 9.72 Å². The maximum atomic E-state index is 12.4. The highest BCUT2D eigenvalue weighted by atomic mass is 16.6. The van der Waals surface area contributed by atoms with Gasteiger partial charge in [-0.15, -0.1) is 0 Å². The lowest BCUT2D eigenvalue weighted by Crippen LogP contribution is -2.31.